The van der Waals surface area contributed by atoms with Crippen LogP contribution in [-0.2, 0) is 6.42 Å². The largest absolute Gasteiger partial charge is 0.369 e. The fraction of sp³-hybridized carbons (Fsp3) is 0.182. The Kier molecular flexibility index (Phi) is 5.17. The van der Waals surface area contributed by atoms with Gasteiger partial charge in [0.1, 0.15) is 11.6 Å². The van der Waals surface area contributed by atoms with Crippen molar-refractivity contribution in [3.8, 4) is 11.4 Å². The predicted molar refractivity (Wildman–Crippen MR) is 114 cm³/mol. The number of halogens is 1. The molecule has 3 aromatic heterocycles. The zero-order valence-corrected chi connectivity index (χ0v) is 16.5. The number of aromatic nitrogens is 4. The molecule has 0 fully saturated rings. The Bertz CT molecular complexity index is 1140. The molecule has 0 saturated heterocycles. The topological polar surface area (TPSA) is 63.6 Å². The van der Waals surface area contributed by atoms with Gasteiger partial charge in [-0.25, -0.2) is 15.0 Å². The number of nitrogens with zero attached hydrogens (tertiary/aromatic N) is 4. The van der Waals surface area contributed by atoms with Crippen molar-refractivity contribution in [2.24, 2.45) is 0 Å². The number of aryl methyl sites for hydroxylation is 2. The molecule has 0 spiro atoms. The summed E-state index contributed by atoms with van der Waals surface area (Å²) in [5.41, 5.74) is 4.53. The zero-order chi connectivity index (χ0) is 19.5. The second-order valence-electron chi connectivity index (χ2n) is 6.62. The summed E-state index contributed by atoms with van der Waals surface area (Å²) in [6.45, 7) is 4.62. The molecule has 28 heavy (non-hydrogen) atoms. The molecule has 4 aromatic rings. The van der Waals surface area contributed by atoms with E-state index in [9.17, 15) is 0 Å². The normalized spacial score (nSPS) is 11.0. The van der Waals surface area contributed by atoms with Gasteiger partial charge in [-0.3, -0.25) is 4.98 Å². The van der Waals surface area contributed by atoms with Crippen LogP contribution >= 0.6 is 11.6 Å². The molecule has 5 nitrogen and oxygen atoms in total. The summed E-state index contributed by atoms with van der Waals surface area (Å²) in [5, 5.41) is 5.08. The van der Waals surface area contributed by atoms with Gasteiger partial charge in [0.15, 0.2) is 5.65 Å². The van der Waals surface area contributed by atoms with Crippen molar-refractivity contribution in [1.29, 1.82) is 0 Å². The molecule has 140 valence electrons. The number of anilines is 1. The van der Waals surface area contributed by atoms with Crippen molar-refractivity contribution in [3.63, 3.8) is 0 Å². The first-order valence-electron chi connectivity index (χ1n) is 9.16. The molecule has 0 aliphatic rings. The summed E-state index contributed by atoms with van der Waals surface area (Å²) in [7, 11) is 0. The third kappa shape index (κ3) is 3.80. The summed E-state index contributed by atoms with van der Waals surface area (Å²) in [6, 6.07) is 15.8. The van der Waals surface area contributed by atoms with E-state index >= 15 is 0 Å². The smallest absolute Gasteiger partial charge is 0.165 e. The van der Waals surface area contributed by atoms with Crippen LogP contribution in [0.2, 0.25) is 5.02 Å². The average molecular weight is 390 g/mol. The van der Waals surface area contributed by atoms with Crippen LogP contribution in [0, 0.1) is 13.8 Å². The molecule has 4 rings (SSSR count). The molecular formula is C22H20ClN5. The van der Waals surface area contributed by atoms with E-state index in [0.29, 0.717) is 11.5 Å². The number of fused-ring (bicyclic) bond motifs is 1. The van der Waals surface area contributed by atoms with Crippen molar-refractivity contribution in [3.05, 3.63) is 76.7 Å². The minimum atomic E-state index is 0.662. The maximum atomic E-state index is 6.25. The number of hydrogen-bond donors (Lipinski definition) is 1. The van der Waals surface area contributed by atoms with E-state index in [-0.39, 0.29) is 0 Å². The maximum Gasteiger partial charge on any atom is 0.165 e. The quantitative estimate of drug-likeness (QED) is 0.519. The monoisotopic (exact) mass is 389 g/mol. The molecule has 0 amide bonds. The number of rotatable bonds is 5. The highest BCUT2D eigenvalue weighted by atomic mass is 35.5. The van der Waals surface area contributed by atoms with Gasteiger partial charge in [-0.05, 0) is 55.7 Å². The Morgan fingerprint density at radius 1 is 0.929 bits per heavy atom. The lowest BCUT2D eigenvalue weighted by molar-refractivity contribution is 0.991. The fourth-order valence-electron chi connectivity index (χ4n) is 3.16. The fourth-order valence-corrected chi connectivity index (χ4v) is 3.39. The highest BCUT2D eigenvalue weighted by Gasteiger charge is 2.11. The van der Waals surface area contributed by atoms with Crippen molar-refractivity contribution < 1.29 is 0 Å². The molecule has 0 aliphatic heterocycles. The van der Waals surface area contributed by atoms with Crippen LogP contribution in [0.25, 0.3) is 22.4 Å². The molecule has 0 radical (unpaired) electrons. The third-order valence-electron chi connectivity index (χ3n) is 4.57. The molecule has 0 aliphatic carbocycles. The molecule has 6 heteroatoms. The van der Waals surface area contributed by atoms with Crippen molar-refractivity contribution >= 4 is 28.5 Å². The van der Waals surface area contributed by atoms with Gasteiger partial charge >= 0.3 is 0 Å². The molecule has 3 heterocycles. The highest BCUT2D eigenvalue weighted by Crippen LogP contribution is 2.25. The standard InChI is InChI=1S/C22H20ClN5/c1-14-6-5-12-24-20(14)19-10-9-17-21(26-15(2)27-22(17)28-19)25-13-11-16-7-3-4-8-18(16)23/h3-10,12H,11,13H2,1-2H3,(H,25,26,27,28). The first-order valence-corrected chi connectivity index (χ1v) is 9.54. The summed E-state index contributed by atoms with van der Waals surface area (Å²) >= 11 is 6.25. The maximum absolute atomic E-state index is 6.25. The minimum Gasteiger partial charge on any atom is -0.369 e. The molecular weight excluding hydrogens is 370 g/mol. The van der Waals surface area contributed by atoms with E-state index in [1.54, 1.807) is 6.20 Å². The highest BCUT2D eigenvalue weighted by molar-refractivity contribution is 6.31. The average Bonchev–Trinajstić information content (AvgIpc) is 2.69. The first kappa shape index (κ1) is 18.3. The second-order valence-corrected chi connectivity index (χ2v) is 7.03. The Morgan fingerprint density at radius 2 is 1.79 bits per heavy atom. The van der Waals surface area contributed by atoms with Gasteiger partial charge in [-0.15, -0.1) is 0 Å². The van der Waals surface area contributed by atoms with Crippen LogP contribution in [0.4, 0.5) is 5.82 Å². The number of nitrogens with one attached hydrogen (secondary N) is 1. The van der Waals surface area contributed by atoms with Crippen LogP contribution in [0.15, 0.2) is 54.7 Å². The summed E-state index contributed by atoms with van der Waals surface area (Å²) < 4.78 is 0. The molecule has 1 aromatic carbocycles. The Hall–Kier alpha value is -3.05. The van der Waals surface area contributed by atoms with E-state index in [4.69, 9.17) is 16.6 Å². The lowest BCUT2D eigenvalue weighted by Crippen LogP contribution is -2.09. The summed E-state index contributed by atoms with van der Waals surface area (Å²) in [4.78, 5) is 18.3. The molecule has 0 bridgehead atoms. The lowest BCUT2D eigenvalue weighted by Gasteiger charge is -2.11. The van der Waals surface area contributed by atoms with Crippen LogP contribution in [0.1, 0.15) is 17.0 Å². The van der Waals surface area contributed by atoms with E-state index in [2.05, 4.69) is 20.3 Å². The third-order valence-corrected chi connectivity index (χ3v) is 4.94. The summed E-state index contributed by atoms with van der Waals surface area (Å²) in [5.74, 6) is 1.46. The van der Waals surface area contributed by atoms with Gasteiger partial charge in [0.25, 0.3) is 0 Å². The van der Waals surface area contributed by atoms with E-state index in [1.807, 2.05) is 62.4 Å². The second kappa shape index (κ2) is 7.90. The summed E-state index contributed by atoms with van der Waals surface area (Å²) in [6.07, 6.45) is 2.59. The van der Waals surface area contributed by atoms with Gasteiger partial charge in [-0.1, -0.05) is 35.9 Å². The van der Waals surface area contributed by atoms with E-state index < -0.39 is 0 Å². The van der Waals surface area contributed by atoms with Gasteiger partial charge < -0.3 is 5.32 Å². The van der Waals surface area contributed by atoms with Crippen LogP contribution < -0.4 is 5.32 Å². The van der Waals surface area contributed by atoms with E-state index in [0.717, 1.165) is 51.7 Å². The number of benzene rings is 1. The lowest BCUT2D eigenvalue weighted by atomic mass is 10.1. The van der Waals surface area contributed by atoms with Gasteiger partial charge in [0, 0.05) is 17.8 Å². The van der Waals surface area contributed by atoms with Gasteiger partial charge in [0.2, 0.25) is 0 Å². The van der Waals surface area contributed by atoms with Crippen LogP contribution in [0.3, 0.4) is 0 Å². The van der Waals surface area contributed by atoms with Gasteiger partial charge in [-0.2, -0.15) is 0 Å². The van der Waals surface area contributed by atoms with E-state index in [1.165, 1.54) is 0 Å². The van der Waals surface area contributed by atoms with Gasteiger partial charge in [0.05, 0.1) is 16.8 Å². The number of pyridine rings is 2. The molecule has 0 unspecified atom stereocenters. The van der Waals surface area contributed by atoms with Crippen LogP contribution in [-0.4, -0.2) is 26.5 Å². The Labute approximate surface area is 168 Å². The predicted octanol–water partition coefficient (Wildman–Crippen LogP) is 5.01. The molecule has 0 saturated carbocycles. The SMILES string of the molecule is Cc1nc(NCCc2ccccc2Cl)c2ccc(-c3ncccc3C)nc2n1. The molecule has 0 atom stereocenters. The number of hydrogen-bond acceptors (Lipinski definition) is 5. The minimum absolute atomic E-state index is 0.662. The Balaban J connectivity index is 1.62. The van der Waals surface area contributed by atoms with Crippen molar-refractivity contribution in [1.82, 2.24) is 19.9 Å². The van der Waals surface area contributed by atoms with Crippen molar-refractivity contribution in [2.45, 2.75) is 20.3 Å². The molecule has 1 N–H and O–H groups in total. The Morgan fingerprint density at radius 3 is 2.61 bits per heavy atom. The first-order chi connectivity index (χ1) is 13.6. The van der Waals surface area contributed by atoms with Crippen LogP contribution in [0.5, 0.6) is 0 Å². The zero-order valence-electron chi connectivity index (χ0n) is 15.8. The van der Waals surface area contributed by atoms with Crippen molar-refractivity contribution in [2.75, 3.05) is 11.9 Å².